The van der Waals surface area contributed by atoms with Crippen LogP contribution in [0.15, 0.2) is 36.9 Å². The van der Waals surface area contributed by atoms with Crippen molar-refractivity contribution in [1.82, 2.24) is 19.7 Å². The highest BCUT2D eigenvalue weighted by Gasteiger charge is 2.34. The van der Waals surface area contributed by atoms with Gasteiger partial charge in [0.05, 0.1) is 36.7 Å². The number of halogens is 3. The number of benzene rings is 1. The molecule has 2 aromatic heterocycles. The van der Waals surface area contributed by atoms with Crippen molar-refractivity contribution < 1.29 is 32.5 Å². The van der Waals surface area contributed by atoms with E-state index in [0.29, 0.717) is 53.4 Å². The summed E-state index contributed by atoms with van der Waals surface area (Å²) in [5, 5.41) is 14.4. The minimum absolute atomic E-state index is 0.138. The Morgan fingerprint density at radius 1 is 1.19 bits per heavy atom. The molecule has 3 heterocycles. The number of hydrogen-bond acceptors (Lipinski definition) is 7. The molecule has 192 valence electrons. The molecule has 1 N–H and O–H groups in total. The number of ether oxygens (including phenoxy) is 2. The lowest BCUT2D eigenvalue weighted by atomic mass is 9.92. The number of anilines is 1. The van der Waals surface area contributed by atoms with Crippen molar-refractivity contribution in [3.05, 3.63) is 48.0 Å². The zero-order valence-electron chi connectivity index (χ0n) is 20.2. The average Bonchev–Trinajstić information content (AvgIpc) is 3.24. The number of aromatic nitrogens is 4. The summed E-state index contributed by atoms with van der Waals surface area (Å²) >= 11 is 0. The number of hydrogen-bond donors (Lipinski definition) is 1. The van der Waals surface area contributed by atoms with E-state index in [1.165, 1.54) is 12.0 Å². The van der Waals surface area contributed by atoms with Gasteiger partial charge < -0.3 is 14.6 Å². The first-order valence-electron chi connectivity index (χ1n) is 11.2. The van der Waals surface area contributed by atoms with Gasteiger partial charge in [0.1, 0.15) is 5.75 Å². The molecule has 1 unspecified atom stereocenters. The molecule has 36 heavy (non-hydrogen) atoms. The highest BCUT2D eigenvalue weighted by atomic mass is 19.4. The smallest absolute Gasteiger partial charge is 0.419 e. The van der Waals surface area contributed by atoms with E-state index in [1.807, 2.05) is 6.92 Å². The maximum atomic E-state index is 13.0. The third-order valence-electron chi connectivity index (χ3n) is 5.76. The van der Waals surface area contributed by atoms with E-state index in [9.17, 15) is 23.1 Å². The standard InChI is InChI=1S/C24H26F3N5O4/c1-14-5-6-18-19(32(14)22(33)35-4)8-7-17(15-9-30-31(12-15)13-23(2,3)34)20(18)36-21-28-10-16(11-29-21)24(25,26)27/h7-12,14,34H,5-6,13H2,1-4H3. The first kappa shape index (κ1) is 25.4. The SMILES string of the molecule is COC(=O)N1c2ccc(-c3cnn(CC(C)(C)O)c3)c(Oc3ncc(C(F)(F)F)cn3)c2CCC1C. The summed E-state index contributed by atoms with van der Waals surface area (Å²) in [4.78, 5) is 21.5. The van der Waals surface area contributed by atoms with Crippen LogP contribution in [0.25, 0.3) is 11.1 Å². The van der Waals surface area contributed by atoms with Gasteiger partial charge in [-0.1, -0.05) is 0 Å². The Morgan fingerprint density at radius 2 is 1.89 bits per heavy atom. The van der Waals surface area contributed by atoms with Gasteiger partial charge in [0.2, 0.25) is 0 Å². The normalized spacial score (nSPS) is 16.0. The second-order valence-electron chi connectivity index (χ2n) is 9.26. The van der Waals surface area contributed by atoms with Crippen LogP contribution in [0.4, 0.5) is 23.7 Å². The fraction of sp³-hybridized carbons (Fsp3) is 0.417. The molecule has 0 spiro atoms. The molecule has 12 heteroatoms. The molecule has 0 fully saturated rings. The minimum atomic E-state index is -4.58. The molecule has 9 nitrogen and oxygen atoms in total. The largest absolute Gasteiger partial charge is 0.452 e. The van der Waals surface area contributed by atoms with Crippen LogP contribution >= 0.6 is 0 Å². The molecule has 1 atom stereocenters. The molecular formula is C24H26F3N5O4. The summed E-state index contributed by atoms with van der Waals surface area (Å²) in [6.07, 6.45) is 0.650. The summed E-state index contributed by atoms with van der Waals surface area (Å²) < 4.78 is 51.4. The number of rotatable bonds is 5. The number of nitrogens with zero attached hydrogens (tertiary/aromatic N) is 5. The Bertz CT molecular complexity index is 1250. The topological polar surface area (TPSA) is 103 Å². The number of carbonyl (C=O) groups excluding carboxylic acids is 1. The van der Waals surface area contributed by atoms with Gasteiger partial charge in [-0.3, -0.25) is 9.58 Å². The van der Waals surface area contributed by atoms with Crippen LogP contribution in [0.3, 0.4) is 0 Å². The number of carbonyl (C=O) groups is 1. The Labute approximate surface area is 205 Å². The highest BCUT2D eigenvalue weighted by molar-refractivity contribution is 5.92. The van der Waals surface area contributed by atoms with Gasteiger partial charge in [-0.05, 0) is 45.7 Å². The van der Waals surface area contributed by atoms with E-state index in [2.05, 4.69) is 15.1 Å². The van der Waals surface area contributed by atoms with Gasteiger partial charge in [-0.25, -0.2) is 14.8 Å². The lowest BCUT2D eigenvalue weighted by Crippen LogP contribution is -2.42. The predicted octanol–water partition coefficient (Wildman–Crippen LogP) is 4.83. The Balaban J connectivity index is 1.81. The quantitative estimate of drug-likeness (QED) is 0.530. The van der Waals surface area contributed by atoms with Gasteiger partial charge in [0.15, 0.2) is 0 Å². The molecule has 0 saturated carbocycles. The molecular weight excluding hydrogens is 479 g/mol. The maximum absolute atomic E-state index is 13.0. The van der Waals surface area contributed by atoms with Crippen molar-refractivity contribution in [1.29, 1.82) is 0 Å². The van der Waals surface area contributed by atoms with E-state index >= 15 is 0 Å². The lowest BCUT2D eigenvalue weighted by molar-refractivity contribution is -0.138. The van der Waals surface area contributed by atoms with Gasteiger partial charge in [0.25, 0.3) is 0 Å². The van der Waals surface area contributed by atoms with Crippen LogP contribution in [0.5, 0.6) is 11.8 Å². The van der Waals surface area contributed by atoms with Crippen molar-refractivity contribution in [2.75, 3.05) is 12.0 Å². The Hall–Kier alpha value is -3.67. The highest BCUT2D eigenvalue weighted by Crippen LogP contribution is 2.44. The van der Waals surface area contributed by atoms with E-state index in [4.69, 9.17) is 9.47 Å². The zero-order valence-corrected chi connectivity index (χ0v) is 20.2. The van der Waals surface area contributed by atoms with Crippen LogP contribution in [0, 0.1) is 0 Å². The summed E-state index contributed by atoms with van der Waals surface area (Å²) in [6.45, 7) is 5.45. The van der Waals surface area contributed by atoms with Gasteiger partial charge in [0, 0.05) is 41.3 Å². The van der Waals surface area contributed by atoms with E-state index in [1.54, 1.807) is 43.1 Å². The molecule has 1 aliphatic heterocycles. The molecule has 0 bridgehead atoms. The summed E-state index contributed by atoms with van der Waals surface area (Å²) in [6, 6.07) is 3.09. The molecule has 1 amide bonds. The van der Waals surface area contributed by atoms with Crippen LogP contribution in [-0.4, -0.2) is 49.7 Å². The first-order chi connectivity index (χ1) is 16.9. The van der Waals surface area contributed by atoms with Crippen molar-refractivity contribution in [3.8, 4) is 22.9 Å². The fourth-order valence-corrected chi connectivity index (χ4v) is 4.12. The van der Waals surface area contributed by atoms with Crippen LogP contribution in [0.2, 0.25) is 0 Å². The summed E-state index contributed by atoms with van der Waals surface area (Å²) in [5.74, 6) is 0.302. The van der Waals surface area contributed by atoms with E-state index < -0.39 is 23.4 Å². The van der Waals surface area contributed by atoms with Crippen molar-refractivity contribution in [2.24, 2.45) is 0 Å². The molecule has 0 aliphatic carbocycles. The van der Waals surface area contributed by atoms with Crippen LogP contribution in [-0.2, 0) is 23.9 Å². The molecule has 1 aliphatic rings. The predicted molar refractivity (Wildman–Crippen MR) is 124 cm³/mol. The molecule has 0 saturated heterocycles. The minimum Gasteiger partial charge on any atom is -0.452 e. The molecule has 4 rings (SSSR count). The summed E-state index contributed by atoms with van der Waals surface area (Å²) in [5.41, 5.74) is 0.461. The second kappa shape index (κ2) is 9.41. The van der Waals surface area contributed by atoms with Crippen molar-refractivity contribution in [3.63, 3.8) is 0 Å². The number of fused-ring (bicyclic) bond motifs is 1. The van der Waals surface area contributed by atoms with Gasteiger partial charge >= 0.3 is 18.3 Å². The average molecular weight is 505 g/mol. The zero-order chi connectivity index (χ0) is 26.3. The van der Waals surface area contributed by atoms with Crippen LogP contribution < -0.4 is 9.64 Å². The number of aliphatic hydroxyl groups is 1. The number of methoxy groups -OCH3 is 1. The van der Waals surface area contributed by atoms with Gasteiger partial charge in [-0.2, -0.15) is 18.3 Å². The van der Waals surface area contributed by atoms with Gasteiger partial charge in [-0.15, -0.1) is 0 Å². The third kappa shape index (κ3) is 5.27. The Morgan fingerprint density at radius 3 is 2.50 bits per heavy atom. The summed E-state index contributed by atoms with van der Waals surface area (Å²) in [7, 11) is 1.29. The van der Waals surface area contributed by atoms with E-state index in [-0.39, 0.29) is 18.6 Å². The van der Waals surface area contributed by atoms with Crippen molar-refractivity contribution >= 4 is 11.8 Å². The lowest BCUT2D eigenvalue weighted by Gasteiger charge is -2.35. The molecule has 1 aromatic carbocycles. The first-order valence-corrected chi connectivity index (χ1v) is 11.2. The third-order valence-corrected chi connectivity index (χ3v) is 5.76. The van der Waals surface area contributed by atoms with E-state index in [0.717, 1.165) is 0 Å². The monoisotopic (exact) mass is 505 g/mol. The second-order valence-corrected chi connectivity index (χ2v) is 9.26. The number of alkyl halides is 3. The maximum Gasteiger partial charge on any atom is 0.419 e. The van der Waals surface area contributed by atoms with Crippen LogP contribution in [0.1, 0.15) is 38.3 Å². The molecule has 3 aromatic rings. The van der Waals surface area contributed by atoms with Crippen molar-refractivity contribution in [2.45, 2.75) is 58.0 Å². The fourth-order valence-electron chi connectivity index (χ4n) is 4.12. The molecule has 0 radical (unpaired) electrons. The number of amides is 1. The Kier molecular flexibility index (Phi) is 6.65.